The molecule has 341 valence electrons. The smallest absolute Gasteiger partial charge is 0.246 e. The van der Waals surface area contributed by atoms with Crippen LogP contribution in [0.4, 0.5) is 5.69 Å². The van der Waals surface area contributed by atoms with Crippen LogP contribution in [0.3, 0.4) is 0 Å². The molecule has 0 unspecified atom stereocenters. The largest absolute Gasteiger partial charge is 0.469 e. The Morgan fingerprint density at radius 1 is 0.810 bits per heavy atom. The monoisotopic (exact) mass is 850 g/mol. The molecule has 2 bridgehead atoms. The first-order chi connectivity index (χ1) is 29.2. The Balaban J connectivity index is 1.68. The van der Waals surface area contributed by atoms with Crippen LogP contribution < -0.4 is 10.6 Å². The molecular weight excluding hydrogens is 763 g/mol. The van der Waals surface area contributed by atoms with Gasteiger partial charge in [-0.25, -0.2) is 0 Å². The maximum atomic E-state index is 7.34. The molecule has 1 aromatic carbocycles. The van der Waals surface area contributed by atoms with E-state index in [2.05, 4.69) is 209 Å². The van der Waals surface area contributed by atoms with Crippen molar-refractivity contribution in [1.29, 1.82) is 0 Å². The first-order valence-corrected chi connectivity index (χ1v) is 24.7. The molecule has 4 aliphatic carbocycles. The van der Waals surface area contributed by atoms with Crippen LogP contribution in [0.5, 0.6) is 0 Å². The van der Waals surface area contributed by atoms with E-state index in [0.717, 1.165) is 30.6 Å². The van der Waals surface area contributed by atoms with Crippen molar-refractivity contribution in [2.24, 2.45) is 27.6 Å². The van der Waals surface area contributed by atoms with Crippen molar-refractivity contribution in [3.8, 4) is 0 Å². The zero-order valence-electron chi connectivity index (χ0n) is 43.4. The van der Waals surface area contributed by atoms with Gasteiger partial charge in [0.2, 0.25) is 7.28 Å². The van der Waals surface area contributed by atoms with Crippen molar-refractivity contribution >= 4 is 29.6 Å². The number of hydrogen-bond acceptors (Lipinski definition) is 3. The molecule has 0 saturated heterocycles. The average Bonchev–Trinajstić information content (AvgIpc) is 3.53. The SMILES string of the molecule is C/C=C\C1=C/CN(C2=C/CC(C)(C)CCC(C)(C)C/C=C\2)c2c(oc3cc4c(cc23)C2(C)CCC4(C)CC2)[B]C(/C=C(\C)C(C)C)=C(/C)N1C/C=C(\C(=C/C)C(C)(C)C)C(C)(C)C. The summed E-state index contributed by atoms with van der Waals surface area (Å²) in [6.45, 7) is 44.0. The number of anilines is 1. The molecule has 0 N–H and O–H groups in total. The van der Waals surface area contributed by atoms with Crippen LogP contribution in [0, 0.1) is 27.6 Å². The second-order valence-electron chi connectivity index (χ2n) is 24.5. The van der Waals surface area contributed by atoms with E-state index in [1.54, 1.807) is 5.56 Å². The van der Waals surface area contributed by atoms with E-state index in [4.69, 9.17) is 4.42 Å². The Bertz CT molecular complexity index is 2280. The molecule has 1 aromatic heterocycles. The number of fused-ring (bicyclic) bond motifs is 5. The van der Waals surface area contributed by atoms with Gasteiger partial charge in [0.1, 0.15) is 5.58 Å². The molecule has 2 aromatic rings. The van der Waals surface area contributed by atoms with Crippen molar-refractivity contribution in [3.63, 3.8) is 0 Å². The number of rotatable bonds is 7. The summed E-state index contributed by atoms with van der Waals surface area (Å²) < 4.78 is 7.34. The molecule has 4 heteroatoms. The maximum Gasteiger partial charge on any atom is 0.246 e. The molecule has 0 amide bonds. The van der Waals surface area contributed by atoms with Gasteiger partial charge >= 0.3 is 0 Å². The molecule has 1 fully saturated rings. The summed E-state index contributed by atoms with van der Waals surface area (Å²) in [6, 6.07) is 5.05. The van der Waals surface area contributed by atoms with Crippen molar-refractivity contribution in [2.75, 3.05) is 18.0 Å². The van der Waals surface area contributed by atoms with Gasteiger partial charge in [0.05, 0.1) is 11.3 Å². The number of furan rings is 1. The Labute approximate surface area is 386 Å². The zero-order valence-corrected chi connectivity index (χ0v) is 43.4. The fourth-order valence-corrected chi connectivity index (χ4v) is 10.8. The minimum Gasteiger partial charge on any atom is -0.469 e. The Kier molecular flexibility index (Phi) is 13.9. The highest BCUT2D eigenvalue weighted by atomic mass is 16.3. The summed E-state index contributed by atoms with van der Waals surface area (Å²) >= 11 is 0. The van der Waals surface area contributed by atoms with Gasteiger partial charge in [-0.05, 0) is 170 Å². The fourth-order valence-electron chi connectivity index (χ4n) is 10.8. The van der Waals surface area contributed by atoms with Gasteiger partial charge in [-0.1, -0.05) is 144 Å². The number of hydrogen-bond donors (Lipinski definition) is 0. The number of allylic oxidation sites excluding steroid dienone is 12. The second kappa shape index (κ2) is 18.0. The van der Waals surface area contributed by atoms with E-state index < -0.39 is 0 Å². The lowest BCUT2D eigenvalue weighted by atomic mass is 9.52. The summed E-state index contributed by atoms with van der Waals surface area (Å²) in [5.41, 5.74) is 16.1. The molecule has 0 spiro atoms. The zero-order chi connectivity index (χ0) is 46.5. The van der Waals surface area contributed by atoms with Gasteiger partial charge in [-0.3, -0.25) is 0 Å². The van der Waals surface area contributed by atoms with Gasteiger partial charge in [-0.15, -0.1) is 0 Å². The summed E-state index contributed by atoms with van der Waals surface area (Å²) in [5.74, 6) is 0.408. The molecule has 0 atom stereocenters. The van der Waals surface area contributed by atoms with E-state index in [1.807, 2.05) is 0 Å². The first kappa shape index (κ1) is 48.8. The second-order valence-corrected chi connectivity index (χ2v) is 24.5. The van der Waals surface area contributed by atoms with E-state index in [9.17, 15) is 0 Å². The summed E-state index contributed by atoms with van der Waals surface area (Å²) in [5, 5.41) is 1.24. The predicted octanol–water partition coefficient (Wildman–Crippen LogP) is 16.3. The van der Waals surface area contributed by atoms with Crippen LogP contribution in [-0.4, -0.2) is 25.3 Å². The predicted molar refractivity (Wildman–Crippen MR) is 277 cm³/mol. The number of nitrogens with zero attached hydrogens (tertiary/aromatic N) is 2. The van der Waals surface area contributed by atoms with Gasteiger partial charge < -0.3 is 14.2 Å². The van der Waals surface area contributed by atoms with Crippen LogP contribution in [0.15, 0.2) is 111 Å². The van der Waals surface area contributed by atoms with Crippen LogP contribution in [0.1, 0.15) is 187 Å². The standard InChI is InChI=1S/C59H86BN2O/c1-19-22-43-25-35-62(44-23-21-27-56(13,14)29-30-57(15,16)28-24-44)52-45-38-48-49(59(18)33-31-58(48,17)32-34-59)39-51(45)63-53(52)60-50(37-41(5)40(3)4)42(6)61(43)36-26-47(55(10,11)12)46(20-2)54(7,8)9/h19-26,37-40H,27-36H2,1-18H3/b22-19-,23-21-,41-37+,43-25+,44-24+,46-20+,47-26+,50-42-. The lowest BCUT2D eigenvalue weighted by Crippen LogP contribution is -2.44. The van der Waals surface area contributed by atoms with E-state index in [0.29, 0.717) is 12.5 Å². The van der Waals surface area contributed by atoms with Crippen LogP contribution >= 0.6 is 0 Å². The van der Waals surface area contributed by atoms with E-state index >= 15 is 0 Å². The van der Waals surface area contributed by atoms with Crippen LogP contribution in [0.25, 0.3) is 11.0 Å². The van der Waals surface area contributed by atoms with Gasteiger partial charge in [0.25, 0.3) is 0 Å². The van der Waals surface area contributed by atoms with Crippen molar-refractivity contribution in [1.82, 2.24) is 4.90 Å². The first-order valence-electron chi connectivity index (χ1n) is 24.7. The van der Waals surface area contributed by atoms with Crippen LogP contribution in [-0.2, 0) is 10.8 Å². The molecule has 1 aliphatic heterocycles. The maximum absolute atomic E-state index is 7.34. The molecule has 1 saturated carbocycles. The summed E-state index contributed by atoms with van der Waals surface area (Å²) in [6.07, 6.45) is 31.3. The van der Waals surface area contributed by atoms with Gasteiger partial charge in [0.15, 0.2) is 0 Å². The third-order valence-corrected chi connectivity index (χ3v) is 15.7. The van der Waals surface area contributed by atoms with Crippen molar-refractivity contribution < 1.29 is 4.42 Å². The van der Waals surface area contributed by atoms with Gasteiger partial charge in [0, 0.05) is 35.6 Å². The minimum atomic E-state index is -0.0267. The fraction of sp³-hybridized carbons (Fsp3) is 0.593. The van der Waals surface area contributed by atoms with Crippen LogP contribution in [0.2, 0.25) is 0 Å². The van der Waals surface area contributed by atoms with Crippen molar-refractivity contribution in [3.05, 3.63) is 117 Å². The van der Waals surface area contributed by atoms with Gasteiger partial charge in [-0.2, -0.15) is 0 Å². The summed E-state index contributed by atoms with van der Waals surface area (Å²) in [4.78, 5) is 5.17. The Morgan fingerprint density at radius 2 is 1.40 bits per heavy atom. The molecule has 63 heavy (non-hydrogen) atoms. The molecule has 5 aliphatic rings. The quantitative estimate of drug-likeness (QED) is 0.204. The minimum absolute atomic E-state index is 0.0226. The highest BCUT2D eigenvalue weighted by Crippen LogP contribution is 2.57. The molecular formula is C59H86BN2O. The van der Waals surface area contributed by atoms with E-state index in [-0.39, 0.29) is 32.5 Å². The third-order valence-electron chi connectivity index (χ3n) is 15.7. The normalized spacial score (nSPS) is 28.7. The highest BCUT2D eigenvalue weighted by molar-refractivity contribution is 6.63. The Hall–Kier alpha value is -3.66. The lowest BCUT2D eigenvalue weighted by Gasteiger charge is -2.52. The van der Waals surface area contributed by atoms with E-state index in [1.165, 1.54) is 94.4 Å². The molecule has 1 radical (unpaired) electrons. The lowest BCUT2D eigenvalue weighted by molar-refractivity contribution is 0.188. The average molecular weight is 850 g/mol. The topological polar surface area (TPSA) is 19.6 Å². The molecule has 2 heterocycles. The molecule has 7 rings (SSSR count). The molecule has 3 nitrogen and oxygen atoms in total. The summed E-state index contributed by atoms with van der Waals surface area (Å²) in [7, 11) is 2.39. The highest BCUT2D eigenvalue weighted by Gasteiger charge is 2.48. The van der Waals surface area contributed by atoms with Crippen molar-refractivity contribution in [2.45, 2.75) is 187 Å². The Morgan fingerprint density at radius 3 is 1.95 bits per heavy atom. The number of benzene rings is 1. The third kappa shape index (κ3) is 10.4.